The number of hydrogen-bond donors (Lipinski definition) is 2. The molecule has 1 aliphatic rings. The first-order chi connectivity index (χ1) is 9.56. The molecule has 0 radical (unpaired) electrons. The molecule has 110 valence electrons. The highest BCUT2D eigenvalue weighted by atomic mass is 32.2. The maximum Gasteiger partial charge on any atom is 0.225 e. The van der Waals surface area contributed by atoms with Crippen LogP contribution in [0.15, 0.2) is 18.2 Å². The molecule has 4 nitrogen and oxygen atoms in total. The molecule has 1 aromatic rings. The van der Waals surface area contributed by atoms with Gasteiger partial charge in [-0.1, -0.05) is 0 Å². The van der Waals surface area contributed by atoms with E-state index < -0.39 is 5.82 Å². The van der Waals surface area contributed by atoms with Crippen LogP contribution in [0.25, 0.3) is 0 Å². The maximum atomic E-state index is 13.5. The van der Waals surface area contributed by atoms with Crippen molar-refractivity contribution >= 4 is 29.0 Å². The van der Waals surface area contributed by atoms with Crippen molar-refractivity contribution in [2.45, 2.75) is 18.9 Å². The average Bonchev–Trinajstić information content (AvgIpc) is 2.94. The smallest absolute Gasteiger partial charge is 0.225 e. The van der Waals surface area contributed by atoms with E-state index in [1.165, 1.54) is 30.4 Å². The molecule has 6 heteroatoms. The van der Waals surface area contributed by atoms with Gasteiger partial charge in [-0.25, -0.2) is 4.39 Å². The summed E-state index contributed by atoms with van der Waals surface area (Å²) in [6, 6.07) is 4.71. The maximum absolute atomic E-state index is 13.5. The van der Waals surface area contributed by atoms with E-state index in [1.807, 2.05) is 18.8 Å². The molecule has 1 heterocycles. The molecule has 0 aromatic heterocycles. The second kappa shape index (κ2) is 6.95. The number of rotatable bonds is 5. The highest BCUT2D eigenvalue weighted by molar-refractivity contribution is 7.99. The van der Waals surface area contributed by atoms with Gasteiger partial charge in [0.25, 0.3) is 0 Å². The summed E-state index contributed by atoms with van der Waals surface area (Å²) in [5.74, 6) is 1.66. The molecule has 3 N–H and O–H groups in total. The Bertz CT molecular complexity index is 477. The number of benzene rings is 1. The monoisotopic (exact) mass is 297 g/mol. The molecule has 1 unspecified atom stereocenters. The van der Waals surface area contributed by atoms with E-state index in [1.54, 1.807) is 0 Å². The first kappa shape index (κ1) is 15.1. The van der Waals surface area contributed by atoms with Crippen molar-refractivity contribution in [3.8, 4) is 0 Å². The number of thioether (sulfide) groups is 1. The Kier molecular flexibility index (Phi) is 5.25. The number of halogens is 1. The second-order valence-electron chi connectivity index (χ2n) is 5.04. The van der Waals surface area contributed by atoms with Crippen LogP contribution in [0.1, 0.15) is 12.8 Å². The lowest BCUT2D eigenvalue weighted by molar-refractivity contribution is -0.116. The van der Waals surface area contributed by atoms with Crippen molar-refractivity contribution < 1.29 is 9.18 Å². The molecule has 1 fully saturated rings. The first-order valence-corrected chi connectivity index (χ1v) is 7.84. The van der Waals surface area contributed by atoms with E-state index in [0.29, 0.717) is 24.7 Å². The van der Waals surface area contributed by atoms with Gasteiger partial charge in [-0.3, -0.25) is 4.79 Å². The van der Waals surface area contributed by atoms with Crippen LogP contribution in [0.5, 0.6) is 0 Å². The molecular formula is C14H20FN3OS. The van der Waals surface area contributed by atoms with Crippen LogP contribution in [0.2, 0.25) is 0 Å². The van der Waals surface area contributed by atoms with Gasteiger partial charge in [-0.15, -0.1) is 0 Å². The van der Waals surface area contributed by atoms with Gasteiger partial charge in [0.05, 0.1) is 5.69 Å². The SMILES string of the molecule is CN(CCC(=O)Nc1cc(N)ccc1F)C1CCSC1. The van der Waals surface area contributed by atoms with E-state index >= 15 is 0 Å². The molecule has 1 aromatic carbocycles. The van der Waals surface area contributed by atoms with Crippen molar-refractivity contribution in [3.05, 3.63) is 24.0 Å². The van der Waals surface area contributed by atoms with E-state index in [9.17, 15) is 9.18 Å². The number of carbonyl (C=O) groups is 1. The molecular weight excluding hydrogens is 277 g/mol. The molecule has 0 saturated carbocycles. The van der Waals surface area contributed by atoms with Crippen LogP contribution in [-0.4, -0.2) is 41.9 Å². The average molecular weight is 297 g/mol. The summed E-state index contributed by atoms with van der Waals surface area (Å²) in [5.41, 5.74) is 6.16. The van der Waals surface area contributed by atoms with Crippen molar-refractivity contribution in [2.24, 2.45) is 0 Å². The molecule has 1 aliphatic heterocycles. The van der Waals surface area contributed by atoms with Crippen LogP contribution in [0, 0.1) is 5.82 Å². The number of amides is 1. The van der Waals surface area contributed by atoms with Crippen LogP contribution in [0.3, 0.4) is 0 Å². The molecule has 0 bridgehead atoms. The Morgan fingerprint density at radius 1 is 1.60 bits per heavy atom. The summed E-state index contributed by atoms with van der Waals surface area (Å²) in [6.45, 7) is 0.682. The third-order valence-electron chi connectivity index (χ3n) is 3.49. The van der Waals surface area contributed by atoms with E-state index in [0.717, 1.165) is 5.75 Å². The Hall–Kier alpha value is -1.27. The zero-order valence-electron chi connectivity index (χ0n) is 11.6. The number of nitrogens with zero attached hydrogens (tertiary/aromatic N) is 1. The van der Waals surface area contributed by atoms with Crippen molar-refractivity contribution in [1.82, 2.24) is 4.90 Å². The number of carbonyl (C=O) groups excluding carboxylic acids is 1. The highest BCUT2D eigenvalue weighted by Gasteiger charge is 2.20. The topological polar surface area (TPSA) is 58.4 Å². The van der Waals surface area contributed by atoms with Crippen LogP contribution < -0.4 is 11.1 Å². The van der Waals surface area contributed by atoms with Crippen molar-refractivity contribution in [3.63, 3.8) is 0 Å². The quantitative estimate of drug-likeness (QED) is 0.818. The predicted octanol–water partition coefficient (Wildman–Crippen LogP) is 2.17. The van der Waals surface area contributed by atoms with E-state index in [-0.39, 0.29) is 11.6 Å². The number of anilines is 2. The van der Waals surface area contributed by atoms with Gasteiger partial charge in [-0.2, -0.15) is 11.8 Å². The highest BCUT2D eigenvalue weighted by Crippen LogP contribution is 2.21. The molecule has 1 saturated heterocycles. The van der Waals surface area contributed by atoms with Gasteiger partial charge in [0.15, 0.2) is 0 Å². The lowest BCUT2D eigenvalue weighted by Crippen LogP contribution is -2.34. The lowest BCUT2D eigenvalue weighted by Gasteiger charge is -2.22. The predicted molar refractivity (Wildman–Crippen MR) is 82.4 cm³/mol. The number of hydrogen-bond acceptors (Lipinski definition) is 4. The van der Waals surface area contributed by atoms with Gasteiger partial charge in [0, 0.05) is 30.4 Å². The third-order valence-corrected chi connectivity index (χ3v) is 4.63. The zero-order valence-corrected chi connectivity index (χ0v) is 12.4. The van der Waals surface area contributed by atoms with Crippen molar-refractivity contribution in [2.75, 3.05) is 36.1 Å². The molecule has 1 atom stereocenters. The van der Waals surface area contributed by atoms with Crippen molar-refractivity contribution in [1.29, 1.82) is 0 Å². The molecule has 20 heavy (non-hydrogen) atoms. The third kappa shape index (κ3) is 4.11. The van der Waals surface area contributed by atoms with Crippen LogP contribution in [0.4, 0.5) is 15.8 Å². The van der Waals surface area contributed by atoms with Gasteiger partial charge in [-0.05, 0) is 37.4 Å². The Balaban J connectivity index is 1.81. The Labute approximate surface area is 122 Å². The van der Waals surface area contributed by atoms with Gasteiger partial charge in [0.1, 0.15) is 5.82 Å². The summed E-state index contributed by atoms with van der Waals surface area (Å²) in [5, 5.41) is 2.57. The summed E-state index contributed by atoms with van der Waals surface area (Å²) in [6.07, 6.45) is 1.53. The molecule has 0 aliphatic carbocycles. The summed E-state index contributed by atoms with van der Waals surface area (Å²) in [7, 11) is 2.03. The van der Waals surface area contributed by atoms with Crippen LogP contribution >= 0.6 is 11.8 Å². The Morgan fingerprint density at radius 3 is 3.10 bits per heavy atom. The minimum absolute atomic E-state index is 0.147. The second-order valence-corrected chi connectivity index (χ2v) is 6.19. The summed E-state index contributed by atoms with van der Waals surface area (Å²) >= 11 is 1.95. The normalized spacial score (nSPS) is 18.4. The molecule has 1 amide bonds. The number of nitrogens with one attached hydrogen (secondary N) is 1. The lowest BCUT2D eigenvalue weighted by atomic mass is 10.2. The summed E-state index contributed by atoms with van der Waals surface area (Å²) < 4.78 is 13.5. The summed E-state index contributed by atoms with van der Waals surface area (Å²) in [4.78, 5) is 14.0. The Morgan fingerprint density at radius 2 is 2.40 bits per heavy atom. The van der Waals surface area contributed by atoms with Gasteiger partial charge >= 0.3 is 0 Å². The molecule has 0 spiro atoms. The standard InChI is InChI=1S/C14H20FN3OS/c1-18(11-5-7-20-9-11)6-4-14(19)17-13-8-10(16)2-3-12(13)15/h2-3,8,11H,4-7,9,16H2,1H3,(H,17,19). The number of nitrogens with two attached hydrogens (primary N) is 1. The van der Waals surface area contributed by atoms with Crippen LogP contribution in [-0.2, 0) is 4.79 Å². The first-order valence-electron chi connectivity index (χ1n) is 6.69. The van der Waals surface area contributed by atoms with E-state index in [2.05, 4.69) is 10.2 Å². The zero-order chi connectivity index (χ0) is 14.5. The van der Waals surface area contributed by atoms with E-state index in [4.69, 9.17) is 5.73 Å². The number of nitrogen functional groups attached to an aromatic ring is 1. The minimum atomic E-state index is -0.465. The van der Waals surface area contributed by atoms with Gasteiger partial charge < -0.3 is 16.0 Å². The fourth-order valence-electron chi connectivity index (χ4n) is 2.18. The minimum Gasteiger partial charge on any atom is -0.399 e. The fourth-order valence-corrected chi connectivity index (χ4v) is 3.48. The van der Waals surface area contributed by atoms with Gasteiger partial charge in [0.2, 0.25) is 5.91 Å². The molecule has 2 rings (SSSR count). The largest absolute Gasteiger partial charge is 0.399 e. The fraction of sp³-hybridized carbons (Fsp3) is 0.500.